The highest BCUT2D eigenvalue weighted by atomic mass is 19.4. The highest BCUT2D eigenvalue weighted by Gasteiger charge is 2.32. The normalized spacial score (nSPS) is 14.9. The molecule has 0 amide bonds. The second-order valence-corrected chi connectivity index (χ2v) is 7.73. The van der Waals surface area contributed by atoms with E-state index in [4.69, 9.17) is 9.47 Å². The van der Waals surface area contributed by atoms with Crippen molar-refractivity contribution in [3.8, 4) is 5.75 Å². The molecule has 0 heterocycles. The maximum absolute atomic E-state index is 12.9. The molecule has 0 saturated heterocycles. The van der Waals surface area contributed by atoms with E-state index in [-0.39, 0.29) is 24.2 Å². The topological polar surface area (TPSA) is 35.5 Å². The van der Waals surface area contributed by atoms with Gasteiger partial charge >= 0.3 is 12.1 Å². The highest BCUT2D eigenvalue weighted by Crippen LogP contribution is 2.44. The molecular formula is C22H29F3O3. The van der Waals surface area contributed by atoms with Crippen molar-refractivity contribution < 1.29 is 27.4 Å². The molecule has 0 unspecified atom stereocenters. The van der Waals surface area contributed by atoms with Crippen LogP contribution in [0.5, 0.6) is 5.75 Å². The van der Waals surface area contributed by atoms with Crippen molar-refractivity contribution in [3.05, 3.63) is 34.4 Å². The second-order valence-electron chi connectivity index (χ2n) is 7.73. The molecule has 3 nitrogen and oxygen atoms in total. The van der Waals surface area contributed by atoms with Crippen molar-refractivity contribution in [2.45, 2.75) is 71.9 Å². The van der Waals surface area contributed by atoms with Gasteiger partial charge in [-0.1, -0.05) is 33.8 Å². The van der Waals surface area contributed by atoms with Gasteiger partial charge in [-0.15, -0.1) is 0 Å². The number of halogens is 3. The number of carbonyl (C=O) groups is 1. The van der Waals surface area contributed by atoms with Gasteiger partial charge in [0.25, 0.3) is 0 Å². The third kappa shape index (κ3) is 5.30. The Morgan fingerprint density at radius 3 is 2.32 bits per heavy atom. The summed E-state index contributed by atoms with van der Waals surface area (Å²) in [5, 5.41) is 0. The van der Waals surface area contributed by atoms with Gasteiger partial charge in [0.1, 0.15) is 5.75 Å². The van der Waals surface area contributed by atoms with Crippen LogP contribution in [0.2, 0.25) is 0 Å². The van der Waals surface area contributed by atoms with E-state index in [0.717, 1.165) is 23.1 Å². The fourth-order valence-electron chi connectivity index (χ4n) is 3.46. The van der Waals surface area contributed by atoms with Crippen LogP contribution in [0.3, 0.4) is 0 Å². The van der Waals surface area contributed by atoms with Gasteiger partial charge in [-0.05, 0) is 60.8 Å². The first kappa shape index (κ1) is 22.3. The van der Waals surface area contributed by atoms with Crippen LogP contribution in [0.25, 0.3) is 5.57 Å². The van der Waals surface area contributed by atoms with Crippen molar-refractivity contribution in [3.63, 3.8) is 0 Å². The smallest absolute Gasteiger partial charge is 0.422 e. The second kappa shape index (κ2) is 9.01. The Kier molecular flexibility index (Phi) is 7.18. The predicted octanol–water partition coefficient (Wildman–Crippen LogP) is 6.38. The van der Waals surface area contributed by atoms with E-state index in [0.29, 0.717) is 24.0 Å². The lowest BCUT2D eigenvalue weighted by atomic mass is 9.88. The summed E-state index contributed by atoms with van der Waals surface area (Å²) in [4.78, 5) is 12.4. The number of benzene rings is 1. The van der Waals surface area contributed by atoms with Crippen LogP contribution in [0, 0.1) is 0 Å². The van der Waals surface area contributed by atoms with E-state index in [1.807, 2.05) is 39.8 Å². The lowest BCUT2D eigenvalue weighted by Gasteiger charge is -2.23. The summed E-state index contributed by atoms with van der Waals surface area (Å²) in [5.41, 5.74) is 3.64. The van der Waals surface area contributed by atoms with Crippen LogP contribution in [0.1, 0.15) is 82.4 Å². The van der Waals surface area contributed by atoms with E-state index >= 15 is 0 Å². The summed E-state index contributed by atoms with van der Waals surface area (Å²) >= 11 is 0. The first-order valence-electron chi connectivity index (χ1n) is 9.82. The summed E-state index contributed by atoms with van der Waals surface area (Å²) < 4.78 is 49.1. The molecule has 0 saturated carbocycles. The van der Waals surface area contributed by atoms with E-state index in [2.05, 4.69) is 0 Å². The molecule has 0 N–H and O–H groups in total. The molecule has 0 bridgehead atoms. The fraction of sp³-hybridized carbons (Fsp3) is 0.591. The Labute approximate surface area is 164 Å². The predicted molar refractivity (Wildman–Crippen MR) is 104 cm³/mol. The molecule has 156 valence electrons. The molecule has 1 aliphatic rings. The summed E-state index contributed by atoms with van der Waals surface area (Å²) in [6, 6.07) is 3.80. The minimum atomic E-state index is -4.43. The standard InChI is InChI=1S/C22H29F3O3/c1-6-27-21(26)17-9-7-8-16(17)19-11-15(13(2)3)10-18(14(4)5)20(19)28-12-22(23,24)25/h10-11,13-14H,6-9,12H2,1-5H3. The first-order chi connectivity index (χ1) is 13.0. The molecule has 0 fully saturated rings. The van der Waals surface area contributed by atoms with Gasteiger partial charge in [0.05, 0.1) is 6.61 Å². The van der Waals surface area contributed by atoms with Gasteiger partial charge in [0.2, 0.25) is 0 Å². The van der Waals surface area contributed by atoms with Crippen molar-refractivity contribution in [1.82, 2.24) is 0 Å². The third-order valence-corrected chi connectivity index (χ3v) is 4.87. The number of esters is 1. The summed E-state index contributed by atoms with van der Waals surface area (Å²) in [6.45, 7) is 8.57. The van der Waals surface area contributed by atoms with Crippen molar-refractivity contribution >= 4 is 11.5 Å². The van der Waals surface area contributed by atoms with Gasteiger partial charge in [-0.3, -0.25) is 0 Å². The number of rotatable bonds is 7. The van der Waals surface area contributed by atoms with Crippen molar-refractivity contribution in [1.29, 1.82) is 0 Å². The van der Waals surface area contributed by atoms with Crippen LogP contribution in [-0.2, 0) is 9.53 Å². The molecule has 6 heteroatoms. The molecule has 0 spiro atoms. The lowest BCUT2D eigenvalue weighted by molar-refractivity contribution is -0.153. The van der Waals surface area contributed by atoms with E-state index in [1.54, 1.807) is 6.92 Å². The quantitative estimate of drug-likeness (QED) is 0.500. The molecular weight excluding hydrogens is 369 g/mol. The molecule has 0 aromatic heterocycles. The van der Waals surface area contributed by atoms with E-state index in [9.17, 15) is 18.0 Å². The average molecular weight is 398 g/mol. The van der Waals surface area contributed by atoms with Crippen molar-refractivity contribution in [2.75, 3.05) is 13.2 Å². The van der Waals surface area contributed by atoms with Crippen LogP contribution in [-0.4, -0.2) is 25.4 Å². The van der Waals surface area contributed by atoms with Crippen LogP contribution >= 0.6 is 0 Å². The molecule has 1 aromatic rings. The zero-order chi connectivity index (χ0) is 21.1. The Morgan fingerprint density at radius 1 is 1.11 bits per heavy atom. The molecule has 1 aliphatic carbocycles. The Morgan fingerprint density at radius 2 is 1.79 bits per heavy atom. The first-order valence-corrected chi connectivity index (χ1v) is 9.82. The number of hydrogen-bond acceptors (Lipinski definition) is 3. The zero-order valence-corrected chi connectivity index (χ0v) is 17.2. The van der Waals surface area contributed by atoms with Gasteiger partial charge in [0.15, 0.2) is 6.61 Å². The fourth-order valence-corrected chi connectivity index (χ4v) is 3.46. The Balaban J connectivity index is 2.68. The summed E-state index contributed by atoms with van der Waals surface area (Å²) in [6.07, 6.45) is -2.48. The summed E-state index contributed by atoms with van der Waals surface area (Å²) in [7, 11) is 0. The van der Waals surface area contributed by atoms with Gasteiger partial charge in [-0.2, -0.15) is 13.2 Å². The highest BCUT2D eigenvalue weighted by molar-refractivity contribution is 5.99. The van der Waals surface area contributed by atoms with Gasteiger partial charge in [-0.25, -0.2) is 4.79 Å². The largest absolute Gasteiger partial charge is 0.483 e. The third-order valence-electron chi connectivity index (χ3n) is 4.87. The zero-order valence-electron chi connectivity index (χ0n) is 17.2. The molecule has 0 radical (unpaired) electrons. The van der Waals surface area contributed by atoms with Crippen LogP contribution in [0.4, 0.5) is 13.2 Å². The molecule has 2 rings (SSSR count). The number of alkyl halides is 3. The van der Waals surface area contributed by atoms with Crippen LogP contribution in [0.15, 0.2) is 17.7 Å². The van der Waals surface area contributed by atoms with Gasteiger partial charge in [0, 0.05) is 11.1 Å². The van der Waals surface area contributed by atoms with Crippen LogP contribution < -0.4 is 4.74 Å². The van der Waals surface area contributed by atoms with Crippen molar-refractivity contribution in [2.24, 2.45) is 0 Å². The number of hydrogen-bond donors (Lipinski definition) is 0. The minimum absolute atomic E-state index is 0.0197. The number of ether oxygens (including phenoxy) is 2. The molecule has 28 heavy (non-hydrogen) atoms. The SMILES string of the molecule is CCOC(=O)C1=C(c2cc(C(C)C)cc(C(C)C)c2OCC(F)(F)F)CCC1. The Hall–Kier alpha value is -1.98. The Bertz CT molecular complexity index is 746. The maximum Gasteiger partial charge on any atom is 0.422 e. The average Bonchev–Trinajstić information content (AvgIpc) is 3.08. The van der Waals surface area contributed by atoms with Gasteiger partial charge < -0.3 is 9.47 Å². The van der Waals surface area contributed by atoms with E-state index in [1.165, 1.54) is 0 Å². The number of allylic oxidation sites excluding steroid dienone is 1. The lowest BCUT2D eigenvalue weighted by Crippen LogP contribution is -2.21. The van der Waals surface area contributed by atoms with E-state index < -0.39 is 18.8 Å². The number of carbonyl (C=O) groups excluding carboxylic acids is 1. The molecule has 1 aromatic carbocycles. The molecule has 0 atom stereocenters. The monoisotopic (exact) mass is 398 g/mol. The molecule has 0 aliphatic heterocycles. The minimum Gasteiger partial charge on any atom is -0.483 e. The maximum atomic E-state index is 12.9. The summed E-state index contributed by atoms with van der Waals surface area (Å²) in [5.74, 6) is 0.0166.